The molecule has 1 aromatic rings. The molecule has 0 aliphatic carbocycles. The van der Waals surface area contributed by atoms with Crippen molar-refractivity contribution in [2.24, 2.45) is 0 Å². The summed E-state index contributed by atoms with van der Waals surface area (Å²) in [5.41, 5.74) is 0.892. The Morgan fingerprint density at radius 3 is 1.48 bits per heavy atom. The van der Waals surface area contributed by atoms with E-state index in [1.807, 2.05) is 30.3 Å². The first-order valence-electron chi connectivity index (χ1n) is 13.5. The van der Waals surface area contributed by atoms with Gasteiger partial charge in [0.2, 0.25) is 5.78 Å². The van der Waals surface area contributed by atoms with E-state index in [4.69, 9.17) is 0 Å². The van der Waals surface area contributed by atoms with Gasteiger partial charge in [0.1, 0.15) is 11.5 Å². The van der Waals surface area contributed by atoms with Gasteiger partial charge in [-0.25, -0.2) is 0 Å². The lowest BCUT2D eigenvalue weighted by atomic mass is 10.0. The van der Waals surface area contributed by atoms with Crippen molar-refractivity contribution in [3.05, 3.63) is 35.9 Å². The van der Waals surface area contributed by atoms with Crippen LogP contribution in [0.25, 0.3) is 0 Å². The number of rotatable bonds is 22. The maximum atomic E-state index is 12.5. The lowest BCUT2D eigenvalue weighted by Gasteiger charge is -2.08. The van der Waals surface area contributed by atoms with Crippen LogP contribution in [0.2, 0.25) is 0 Å². The Morgan fingerprint density at radius 2 is 1.03 bits per heavy atom. The predicted octanol–water partition coefficient (Wildman–Crippen LogP) is 9.16. The number of hydrogen-bond acceptors (Lipinski definition) is 1. The highest BCUT2D eigenvalue weighted by molar-refractivity contribution is 7.97. The number of hydrogen-bond donors (Lipinski definition) is 0. The average molecular weight is 448 g/mol. The van der Waals surface area contributed by atoms with E-state index in [0.717, 1.165) is 11.3 Å². The standard InChI is InChI=1S/C29H51OS/c1-3-5-6-7-8-9-10-11-12-13-14-15-16-17-18-22-26-31(25-4-2)27-29(30)28-23-20-19-21-24-28/h19-21,23-24H,3-18,22,25-27H2,1-2H3/q+1. The van der Waals surface area contributed by atoms with Gasteiger partial charge in [0.25, 0.3) is 0 Å². The third-order valence-corrected chi connectivity index (χ3v) is 8.73. The van der Waals surface area contributed by atoms with Crippen LogP contribution in [0.1, 0.15) is 133 Å². The Balaban J connectivity index is 1.93. The van der Waals surface area contributed by atoms with Crippen molar-refractivity contribution in [2.45, 2.75) is 123 Å². The van der Waals surface area contributed by atoms with Gasteiger partial charge in [0, 0.05) is 5.56 Å². The highest BCUT2D eigenvalue weighted by atomic mass is 32.2. The fourth-order valence-electron chi connectivity index (χ4n) is 4.28. The van der Waals surface area contributed by atoms with Crippen molar-refractivity contribution in [3.8, 4) is 0 Å². The van der Waals surface area contributed by atoms with E-state index in [2.05, 4.69) is 13.8 Å². The molecule has 0 saturated heterocycles. The molecule has 1 unspecified atom stereocenters. The molecule has 31 heavy (non-hydrogen) atoms. The zero-order valence-corrected chi connectivity index (χ0v) is 21.7. The topological polar surface area (TPSA) is 17.1 Å². The first kappa shape index (κ1) is 28.3. The van der Waals surface area contributed by atoms with Crippen LogP contribution < -0.4 is 0 Å². The fourth-order valence-corrected chi connectivity index (χ4v) is 6.50. The summed E-state index contributed by atoms with van der Waals surface area (Å²) in [6, 6.07) is 9.86. The summed E-state index contributed by atoms with van der Waals surface area (Å²) in [7, 11) is 0.278. The predicted molar refractivity (Wildman–Crippen MR) is 143 cm³/mol. The molecule has 0 saturated carbocycles. The van der Waals surface area contributed by atoms with Crippen LogP contribution in [0.3, 0.4) is 0 Å². The Kier molecular flexibility index (Phi) is 19.2. The van der Waals surface area contributed by atoms with E-state index in [-0.39, 0.29) is 10.9 Å². The molecule has 0 fully saturated rings. The smallest absolute Gasteiger partial charge is 0.211 e. The van der Waals surface area contributed by atoms with Crippen LogP contribution >= 0.6 is 0 Å². The lowest BCUT2D eigenvalue weighted by molar-refractivity contribution is 0.102. The zero-order valence-electron chi connectivity index (χ0n) is 20.8. The van der Waals surface area contributed by atoms with Gasteiger partial charge in [0.05, 0.1) is 0 Å². The lowest BCUT2D eigenvalue weighted by Crippen LogP contribution is -2.22. The summed E-state index contributed by atoms with van der Waals surface area (Å²) in [5, 5.41) is 0. The van der Waals surface area contributed by atoms with Gasteiger partial charge in [-0.15, -0.1) is 0 Å². The molecular weight excluding hydrogens is 396 g/mol. The van der Waals surface area contributed by atoms with E-state index in [1.165, 1.54) is 121 Å². The second-order valence-electron chi connectivity index (χ2n) is 9.26. The normalized spacial score (nSPS) is 12.2. The molecule has 1 aromatic carbocycles. The van der Waals surface area contributed by atoms with Crippen molar-refractivity contribution in [2.75, 3.05) is 17.3 Å². The van der Waals surface area contributed by atoms with Gasteiger partial charge in [-0.3, -0.25) is 4.79 Å². The summed E-state index contributed by atoms with van der Waals surface area (Å²) in [6.45, 7) is 4.54. The summed E-state index contributed by atoms with van der Waals surface area (Å²) in [6.07, 6.45) is 23.9. The Bertz CT molecular complexity index is 513. The van der Waals surface area contributed by atoms with Crippen LogP contribution in [-0.2, 0) is 10.9 Å². The molecule has 1 atom stereocenters. The maximum Gasteiger partial charge on any atom is 0.211 e. The minimum atomic E-state index is 0.278. The van der Waals surface area contributed by atoms with Gasteiger partial charge >= 0.3 is 0 Å². The van der Waals surface area contributed by atoms with Gasteiger partial charge in [-0.05, 0) is 30.2 Å². The molecule has 0 aliphatic heterocycles. The monoisotopic (exact) mass is 447 g/mol. The van der Waals surface area contributed by atoms with Gasteiger partial charge < -0.3 is 0 Å². The highest BCUT2D eigenvalue weighted by Crippen LogP contribution is 2.15. The van der Waals surface area contributed by atoms with Gasteiger partial charge in [-0.2, -0.15) is 0 Å². The van der Waals surface area contributed by atoms with Crippen LogP contribution in [0, 0.1) is 0 Å². The Hall–Kier alpha value is -0.760. The van der Waals surface area contributed by atoms with Crippen LogP contribution in [-0.4, -0.2) is 23.0 Å². The first-order chi connectivity index (χ1) is 15.3. The largest absolute Gasteiger partial charge is 0.289 e. The van der Waals surface area contributed by atoms with E-state index in [9.17, 15) is 4.79 Å². The van der Waals surface area contributed by atoms with Crippen LogP contribution in [0.5, 0.6) is 0 Å². The second-order valence-corrected chi connectivity index (χ2v) is 11.6. The van der Waals surface area contributed by atoms with E-state index in [0.29, 0.717) is 5.78 Å². The number of ketones is 1. The molecular formula is C29H51OS+. The molecule has 0 amide bonds. The molecule has 0 aliphatic rings. The molecule has 0 spiro atoms. The molecule has 1 rings (SSSR count). The van der Waals surface area contributed by atoms with E-state index >= 15 is 0 Å². The number of Topliss-reactive ketones (excluding diaryl/α,β-unsaturated/α-hetero) is 1. The first-order valence-corrected chi connectivity index (χ1v) is 15.2. The van der Waals surface area contributed by atoms with Crippen molar-refractivity contribution >= 4 is 16.7 Å². The van der Waals surface area contributed by atoms with E-state index in [1.54, 1.807) is 0 Å². The Morgan fingerprint density at radius 1 is 0.581 bits per heavy atom. The SMILES string of the molecule is CCCCCCCCCCCCCCCCCC[S+](CCC)CC(=O)c1ccccc1. The minimum absolute atomic E-state index is 0.278. The van der Waals surface area contributed by atoms with Gasteiger partial charge in [0.15, 0.2) is 5.75 Å². The number of unbranched alkanes of at least 4 members (excludes halogenated alkanes) is 15. The second kappa shape index (κ2) is 21.1. The van der Waals surface area contributed by atoms with Crippen molar-refractivity contribution < 1.29 is 4.79 Å². The molecule has 178 valence electrons. The third kappa shape index (κ3) is 16.5. The van der Waals surface area contributed by atoms with Crippen molar-refractivity contribution in [3.63, 3.8) is 0 Å². The molecule has 0 bridgehead atoms. The zero-order chi connectivity index (χ0) is 22.4. The summed E-state index contributed by atoms with van der Waals surface area (Å²) >= 11 is 0. The van der Waals surface area contributed by atoms with Crippen molar-refractivity contribution in [1.29, 1.82) is 0 Å². The van der Waals surface area contributed by atoms with Gasteiger partial charge in [-0.1, -0.05) is 134 Å². The highest BCUT2D eigenvalue weighted by Gasteiger charge is 2.22. The maximum absolute atomic E-state index is 12.5. The van der Waals surface area contributed by atoms with E-state index < -0.39 is 0 Å². The quantitative estimate of drug-likeness (QED) is 0.0983. The minimum Gasteiger partial charge on any atom is -0.289 e. The summed E-state index contributed by atoms with van der Waals surface area (Å²) < 4.78 is 0. The van der Waals surface area contributed by atoms with Crippen LogP contribution in [0.4, 0.5) is 0 Å². The van der Waals surface area contributed by atoms with Crippen LogP contribution in [0.15, 0.2) is 30.3 Å². The molecule has 0 N–H and O–H groups in total. The Labute approximate surface area is 197 Å². The fraction of sp³-hybridized carbons (Fsp3) is 0.759. The molecule has 0 radical (unpaired) electrons. The molecule has 1 nitrogen and oxygen atoms in total. The number of benzene rings is 1. The molecule has 0 heterocycles. The average Bonchev–Trinajstić information content (AvgIpc) is 2.79. The molecule has 2 heteroatoms. The summed E-state index contributed by atoms with van der Waals surface area (Å²) in [4.78, 5) is 12.5. The number of carbonyl (C=O) groups is 1. The van der Waals surface area contributed by atoms with Crippen molar-refractivity contribution in [1.82, 2.24) is 0 Å². The number of carbonyl (C=O) groups excluding carboxylic acids is 1. The summed E-state index contributed by atoms with van der Waals surface area (Å²) in [5.74, 6) is 3.58. The third-order valence-electron chi connectivity index (χ3n) is 6.21. The molecule has 0 aromatic heterocycles.